The molecule has 0 fully saturated rings. The van der Waals surface area contributed by atoms with Crippen molar-refractivity contribution in [3.8, 4) is 5.75 Å². The third-order valence-corrected chi connectivity index (χ3v) is 4.13. The molecule has 0 saturated heterocycles. The minimum Gasteiger partial charge on any atom is -0.507 e. The third kappa shape index (κ3) is 4.91. The van der Waals surface area contributed by atoms with Gasteiger partial charge in [-0.3, -0.25) is 14.9 Å². The topological polar surface area (TPSA) is 105 Å². The van der Waals surface area contributed by atoms with Gasteiger partial charge in [0.05, 0.1) is 11.1 Å². The normalized spacial score (nSPS) is 11.3. The maximum atomic E-state index is 12.1. The number of hydrogen-bond acceptors (Lipinski definition) is 5. The van der Waals surface area contributed by atoms with Crippen molar-refractivity contribution in [3.05, 3.63) is 68.8 Å². The molecule has 2 aromatic carbocycles. The number of amides is 1. The molecule has 0 bridgehead atoms. The monoisotopic (exact) mass is 369 g/mol. The molecule has 27 heavy (non-hydrogen) atoms. The Morgan fingerprint density at radius 1 is 1.15 bits per heavy atom. The van der Waals surface area contributed by atoms with Crippen molar-refractivity contribution in [2.75, 3.05) is 0 Å². The summed E-state index contributed by atoms with van der Waals surface area (Å²) in [4.78, 5) is 22.4. The van der Waals surface area contributed by atoms with E-state index in [1.165, 1.54) is 30.5 Å². The lowest BCUT2D eigenvalue weighted by Crippen LogP contribution is -2.17. The molecule has 2 aromatic rings. The van der Waals surface area contributed by atoms with Crippen LogP contribution >= 0.6 is 0 Å². The number of phenols is 1. The summed E-state index contributed by atoms with van der Waals surface area (Å²) in [6.07, 6.45) is 1.49. The fourth-order valence-electron chi connectivity index (χ4n) is 2.65. The average Bonchev–Trinajstić information content (AvgIpc) is 2.62. The smallest absolute Gasteiger partial charge is 0.271 e. The molecule has 0 aliphatic heterocycles. The van der Waals surface area contributed by atoms with Crippen LogP contribution in [0.4, 0.5) is 5.69 Å². The minimum atomic E-state index is -0.558. The van der Waals surface area contributed by atoms with E-state index >= 15 is 0 Å². The summed E-state index contributed by atoms with van der Waals surface area (Å²) in [7, 11) is 0. The molecule has 0 aliphatic carbocycles. The zero-order valence-electron chi connectivity index (χ0n) is 15.8. The molecule has 0 atom stereocenters. The minimum absolute atomic E-state index is 0.135. The van der Waals surface area contributed by atoms with Gasteiger partial charge in [-0.1, -0.05) is 33.8 Å². The molecule has 2 N–H and O–H groups in total. The van der Waals surface area contributed by atoms with Gasteiger partial charge in [-0.05, 0) is 46.7 Å². The zero-order valence-corrected chi connectivity index (χ0v) is 15.8. The number of nitrogens with one attached hydrogen (secondary N) is 1. The Bertz CT molecular complexity index is 860. The number of rotatable bonds is 6. The molecule has 142 valence electrons. The third-order valence-electron chi connectivity index (χ3n) is 4.13. The summed E-state index contributed by atoms with van der Waals surface area (Å²) >= 11 is 0. The standard InChI is InChI=1S/C20H23N3O4/c1-12(2)17-8-14(9-18(13(3)4)19(17)24)11-21-22-20(25)15-6-5-7-16(10-15)23(26)27/h5-13,24H,1-4H3,(H,22,25)/b21-11-. The molecule has 0 radical (unpaired) electrons. The number of nitro groups is 1. The van der Waals surface area contributed by atoms with E-state index in [1.54, 1.807) is 0 Å². The second kappa shape index (κ2) is 8.44. The van der Waals surface area contributed by atoms with E-state index in [9.17, 15) is 20.0 Å². The summed E-state index contributed by atoms with van der Waals surface area (Å²) in [5, 5.41) is 25.2. The zero-order chi connectivity index (χ0) is 20.1. The number of nitro benzene ring substituents is 1. The molecular formula is C20H23N3O4. The van der Waals surface area contributed by atoms with Crippen LogP contribution in [0.5, 0.6) is 5.75 Å². The highest BCUT2D eigenvalue weighted by Crippen LogP contribution is 2.34. The maximum absolute atomic E-state index is 12.1. The van der Waals surface area contributed by atoms with E-state index in [0.29, 0.717) is 0 Å². The molecule has 0 aromatic heterocycles. The Labute approximate surface area is 157 Å². The lowest BCUT2D eigenvalue weighted by Gasteiger charge is -2.16. The highest BCUT2D eigenvalue weighted by Gasteiger charge is 2.15. The van der Waals surface area contributed by atoms with E-state index in [4.69, 9.17) is 0 Å². The number of carbonyl (C=O) groups is 1. The van der Waals surface area contributed by atoms with Crippen LogP contribution in [0.2, 0.25) is 0 Å². The van der Waals surface area contributed by atoms with Crippen molar-refractivity contribution in [1.82, 2.24) is 5.43 Å². The molecular weight excluding hydrogens is 346 g/mol. The van der Waals surface area contributed by atoms with Gasteiger partial charge in [0.15, 0.2) is 0 Å². The van der Waals surface area contributed by atoms with Gasteiger partial charge >= 0.3 is 0 Å². The van der Waals surface area contributed by atoms with Crippen molar-refractivity contribution >= 4 is 17.8 Å². The fraction of sp³-hybridized carbons (Fsp3) is 0.300. The van der Waals surface area contributed by atoms with Gasteiger partial charge in [-0.2, -0.15) is 5.10 Å². The van der Waals surface area contributed by atoms with Gasteiger partial charge in [0.2, 0.25) is 0 Å². The summed E-state index contributed by atoms with van der Waals surface area (Å²) < 4.78 is 0. The second-order valence-electron chi connectivity index (χ2n) is 6.86. The van der Waals surface area contributed by atoms with Gasteiger partial charge < -0.3 is 5.11 Å². The van der Waals surface area contributed by atoms with Crippen molar-refractivity contribution in [3.63, 3.8) is 0 Å². The van der Waals surface area contributed by atoms with E-state index in [0.717, 1.165) is 16.7 Å². The Balaban J connectivity index is 2.22. The van der Waals surface area contributed by atoms with E-state index in [1.807, 2.05) is 39.8 Å². The average molecular weight is 369 g/mol. The van der Waals surface area contributed by atoms with E-state index < -0.39 is 10.8 Å². The Hall–Kier alpha value is -3.22. The van der Waals surface area contributed by atoms with Crippen LogP contribution < -0.4 is 5.43 Å². The molecule has 1 amide bonds. The number of nitrogens with zero attached hydrogens (tertiary/aromatic N) is 2. The van der Waals surface area contributed by atoms with E-state index in [-0.39, 0.29) is 28.8 Å². The predicted molar refractivity (Wildman–Crippen MR) is 104 cm³/mol. The number of aromatic hydroxyl groups is 1. The lowest BCUT2D eigenvalue weighted by molar-refractivity contribution is -0.384. The molecule has 2 rings (SSSR count). The number of hydrogen-bond donors (Lipinski definition) is 2. The maximum Gasteiger partial charge on any atom is 0.271 e. The van der Waals surface area contributed by atoms with Crippen LogP contribution in [-0.2, 0) is 0 Å². The van der Waals surface area contributed by atoms with E-state index in [2.05, 4.69) is 10.5 Å². The SMILES string of the molecule is CC(C)c1cc(/C=N\NC(=O)c2cccc([N+](=O)[O-])c2)cc(C(C)C)c1O. The first-order chi connectivity index (χ1) is 12.7. The molecule has 0 heterocycles. The number of benzene rings is 2. The van der Waals surface area contributed by atoms with Crippen LogP contribution in [-0.4, -0.2) is 22.2 Å². The fourth-order valence-corrected chi connectivity index (χ4v) is 2.65. The Morgan fingerprint density at radius 3 is 2.26 bits per heavy atom. The molecule has 0 aliphatic rings. The second-order valence-corrected chi connectivity index (χ2v) is 6.86. The van der Waals surface area contributed by atoms with Crippen LogP contribution in [0.15, 0.2) is 41.5 Å². The van der Waals surface area contributed by atoms with Crippen LogP contribution in [0.1, 0.15) is 66.6 Å². The molecule has 7 heteroatoms. The summed E-state index contributed by atoms with van der Waals surface area (Å²) in [6, 6.07) is 9.09. The first-order valence-corrected chi connectivity index (χ1v) is 8.65. The highest BCUT2D eigenvalue weighted by molar-refractivity contribution is 5.95. The Kier molecular flexibility index (Phi) is 6.28. The number of phenolic OH excluding ortho intramolecular Hbond substituents is 1. The number of non-ortho nitro benzene ring substituents is 1. The van der Waals surface area contributed by atoms with Gasteiger partial charge in [0, 0.05) is 17.7 Å². The predicted octanol–water partition coefficient (Wildman–Crippen LogP) is 4.31. The van der Waals surface area contributed by atoms with Crippen molar-refractivity contribution < 1.29 is 14.8 Å². The molecule has 0 saturated carbocycles. The highest BCUT2D eigenvalue weighted by atomic mass is 16.6. The van der Waals surface area contributed by atoms with Gasteiger partial charge in [-0.15, -0.1) is 0 Å². The first kappa shape index (κ1) is 20.1. The van der Waals surface area contributed by atoms with Crippen LogP contribution in [0, 0.1) is 10.1 Å². The van der Waals surface area contributed by atoms with Crippen molar-refractivity contribution in [2.45, 2.75) is 39.5 Å². The molecule has 7 nitrogen and oxygen atoms in total. The van der Waals surface area contributed by atoms with Crippen LogP contribution in [0.3, 0.4) is 0 Å². The van der Waals surface area contributed by atoms with Gasteiger partial charge in [0.1, 0.15) is 5.75 Å². The van der Waals surface area contributed by atoms with Gasteiger partial charge in [0.25, 0.3) is 11.6 Å². The number of carbonyl (C=O) groups excluding carboxylic acids is 1. The van der Waals surface area contributed by atoms with Gasteiger partial charge in [-0.25, -0.2) is 5.43 Å². The largest absolute Gasteiger partial charge is 0.507 e. The molecule has 0 unspecified atom stereocenters. The quantitative estimate of drug-likeness (QED) is 0.449. The molecule has 0 spiro atoms. The first-order valence-electron chi connectivity index (χ1n) is 8.65. The summed E-state index contributed by atoms with van der Waals surface area (Å²) in [6.45, 7) is 7.96. The number of hydrazone groups is 1. The van der Waals surface area contributed by atoms with Crippen molar-refractivity contribution in [1.29, 1.82) is 0 Å². The summed E-state index contributed by atoms with van der Waals surface area (Å²) in [5.74, 6) is 0.0188. The Morgan fingerprint density at radius 2 is 1.74 bits per heavy atom. The van der Waals surface area contributed by atoms with Crippen LogP contribution in [0.25, 0.3) is 0 Å². The lowest BCUT2D eigenvalue weighted by atomic mass is 9.92. The van der Waals surface area contributed by atoms with Crippen molar-refractivity contribution in [2.24, 2.45) is 5.10 Å². The summed E-state index contributed by atoms with van der Waals surface area (Å²) in [5.41, 5.74) is 4.74.